The first-order chi connectivity index (χ1) is 5.70. The van der Waals surface area contributed by atoms with Crippen LogP contribution in [-0.2, 0) is 7.05 Å². The number of nitrogens with zero attached hydrogens (tertiary/aromatic N) is 2. The fourth-order valence-corrected chi connectivity index (χ4v) is 1.26. The van der Waals surface area contributed by atoms with Crippen LogP contribution >= 0.6 is 0 Å². The molecule has 2 heterocycles. The molecule has 0 spiro atoms. The van der Waals surface area contributed by atoms with Crippen LogP contribution in [0.15, 0.2) is 24.5 Å². The van der Waals surface area contributed by atoms with Gasteiger partial charge in [0.05, 0.1) is 6.89 Å². The van der Waals surface area contributed by atoms with Crippen molar-refractivity contribution in [3.8, 4) is 0 Å². The maximum atomic E-state index is 7.66. The van der Waals surface area contributed by atoms with Crippen molar-refractivity contribution < 1.29 is 1.37 Å². The maximum Gasteiger partial charge on any atom is 0.0646 e. The predicted molar refractivity (Wildman–Crippen MR) is 45.5 cm³/mol. The first-order valence-electron chi connectivity index (χ1n) is 4.07. The summed E-state index contributed by atoms with van der Waals surface area (Å²) in [6.07, 6.45) is 3.58. The van der Waals surface area contributed by atoms with Gasteiger partial charge in [-0.25, -0.2) is 0 Å². The molecule has 0 amide bonds. The van der Waals surface area contributed by atoms with E-state index in [1.807, 2.05) is 24.6 Å². The van der Waals surface area contributed by atoms with Gasteiger partial charge in [-0.15, -0.1) is 0 Å². The van der Waals surface area contributed by atoms with E-state index >= 15 is 0 Å². The van der Waals surface area contributed by atoms with Gasteiger partial charge in [0.2, 0.25) is 0 Å². The van der Waals surface area contributed by atoms with Crippen LogP contribution in [0.1, 0.15) is 7.06 Å². The van der Waals surface area contributed by atoms with Crippen molar-refractivity contribution in [2.75, 3.05) is 0 Å². The molecule has 56 valence electrons. The molecule has 0 saturated heterocycles. The van der Waals surface area contributed by atoms with Gasteiger partial charge in [0.15, 0.2) is 0 Å². The van der Waals surface area contributed by atoms with E-state index in [0.29, 0.717) is 6.04 Å². The molecule has 0 aliphatic heterocycles. The van der Waals surface area contributed by atoms with E-state index in [4.69, 9.17) is 1.37 Å². The Morgan fingerprint density at radius 3 is 3.18 bits per heavy atom. The van der Waals surface area contributed by atoms with Crippen LogP contribution in [0, 0.1) is 6.92 Å². The van der Waals surface area contributed by atoms with Crippen LogP contribution in [0.25, 0.3) is 10.9 Å². The molecule has 0 unspecified atom stereocenters. The Morgan fingerprint density at radius 1 is 1.64 bits per heavy atom. The van der Waals surface area contributed by atoms with Crippen LogP contribution in [0.2, 0.25) is 0 Å². The molecule has 0 bridgehead atoms. The lowest BCUT2D eigenvalue weighted by Gasteiger charge is -1.96. The Kier molecular flexibility index (Phi) is 1.02. The lowest BCUT2D eigenvalue weighted by Crippen LogP contribution is -1.85. The SMILES string of the molecule is [3H]c1cn(C)c2ccnc(C)c12. The van der Waals surface area contributed by atoms with Crippen molar-refractivity contribution in [1.82, 2.24) is 9.55 Å². The second-order valence-electron chi connectivity index (χ2n) is 2.67. The Labute approximate surface area is 66.9 Å². The molecule has 0 atom stereocenters. The van der Waals surface area contributed by atoms with Crippen LogP contribution < -0.4 is 0 Å². The molecular weight excluding hydrogens is 136 g/mol. The molecule has 0 fully saturated rings. The minimum atomic E-state index is 0.554. The van der Waals surface area contributed by atoms with Crippen molar-refractivity contribution in [2.45, 2.75) is 6.92 Å². The molecule has 0 aliphatic carbocycles. The normalized spacial score (nSPS) is 12.0. The average molecular weight is 148 g/mol. The third-order valence-corrected chi connectivity index (χ3v) is 1.90. The van der Waals surface area contributed by atoms with E-state index in [-0.39, 0.29) is 0 Å². The fraction of sp³-hybridized carbons (Fsp3) is 0.222. The third kappa shape index (κ3) is 0.827. The molecule has 2 heteroatoms. The van der Waals surface area contributed by atoms with Gasteiger partial charge in [-0.1, -0.05) is 0 Å². The number of hydrogen-bond donors (Lipinski definition) is 0. The van der Waals surface area contributed by atoms with Gasteiger partial charge >= 0.3 is 0 Å². The molecule has 11 heavy (non-hydrogen) atoms. The first-order valence-corrected chi connectivity index (χ1v) is 3.57. The van der Waals surface area contributed by atoms with Crippen LogP contribution in [0.5, 0.6) is 0 Å². The first kappa shape index (κ1) is 5.35. The summed E-state index contributed by atoms with van der Waals surface area (Å²) in [6.45, 7) is 1.93. The summed E-state index contributed by atoms with van der Waals surface area (Å²) in [5.74, 6) is 0. The van der Waals surface area contributed by atoms with Gasteiger partial charge in [-0.3, -0.25) is 4.98 Å². The Hall–Kier alpha value is -1.31. The zero-order valence-electron chi connectivity index (χ0n) is 7.63. The number of fused-ring (bicyclic) bond motifs is 1. The average Bonchev–Trinajstić information content (AvgIpc) is 2.29. The van der Waals surface area contributed by atoms with Gasteiger partial charge in [-0.05, 0) is 19.0 Å². The summed E-state index contributed by atoms with van der Waals surface area (Å²) in [5.41, 5.74) is 2.01. The van der Waals surface area contributed by atoms with Crippen molar-refractivity contribution in [1.29, 1.82) is 0 Å². The highest BCUT2D eigenvalue weighted by Crippen LogP contribution is 2.15. The number of pyridine rings is 1. The lowest BCUT2D eigenvalue weighted by atomic mass is 10.2. The lowest BCUT2D eigenvalue weighted by molar-refractivity contribution is 0.967. The number of rotatable bonds is 0. The van der Waals surface area contributed by atoms with Gasteiger partial charge in [-0.2, -0.15) is 0 Å². The second-order valence-corrected chi connectivity index (χ2v) is 2.67. The fourth-order valence-electron chi connectivity index (χ4n) is 1.26. The van der Waals surface area contributed by atoms with E-state index in [2.05, 4.69) is 4.98 Å². The van der Waals surface area contributed by atoms with Crippen LogP contribution in [-0.4, -0.2) is 9.55 Å². The van der Waals surface area contributed by atoms with Gasteiger partial charge in [0, 0.05) is 30.5 Å². The highest BCUT2D eigenvalue weighted by molar-refractivity contribution is 5.81. The van der Waals surface area contributed by atoms with E-state index in [1.54, 1.807) is 12.4 Å². The highest BCUT2D eigenvalue weighted by atomic mass is 14.9. The van der Waals surface area contributed by atoms with Gasteiger partial charge in [0.1, 0.15) is 0 Å². The molecule has 2 aromatic rings. The minimum absolute atomic E-state index is 0.554. The summed E-state index contributed by atoms with van der Waals surface area (Å²) >= 11 is 0. The zero-order valence-corrected chi connectivity index (χ0v) is 6.63. The van der Waals surface area contributed by atoms with Crippen LogP contribution in [0.3, 0.4) is 0 Å². The monoisotopic (exact) mass is 148 g/mol. The number of aryl methyl sites for hydroxylation is 2. The largest absolute Gasteiger partial charge is 0.350 e. The molecule has 0 aromatic carbocycles. The summed E-state index contributed by atoms with van der Waals surface area (Å²) in [5, 5.41) is 0.958. The molecule has 0 radical (unpaired) electrons. The standard InChI is InChI=1S/C9H10N2/c1-7-8-4-6-11(2)9(8)3-5-10-7/h3-6H,1-2H3/i4T. The highest BCUT2D eigenvalue weighted by Gasteiger charge is 1.98. The smallest absolute Gasteiger partial charge is 0.0646 e. The van der Waals surface area contributed by atoms with E-state index in [0.717, 1.165) is 16.6 Å². The number of hydrogen-bond acceptors (Lipinski definition) is 1. The Balaban J connectivity index is 2.99. The summed E-state index contributed by atoms with van der Waals surface area (Å²) in [7, 11) is 1.94. The van der Waals surface area contributed by atoms with Crippen LogP contribution in [0.4, 0.5) is 0 Å². The Morgan fingerprint density at radius 2 is 2.45 bits per heavy atom. The molecule has 0 N–H and O–H groups in total. The van der Waals surface area contributed by atoms with Crippen molar-refractivity contribution >= 4 is 10.9 Å². The van der Waals surface area contributed by atoms with E-state index < -0.39 is 0 Å². The second kappa shape index (κ2) is 2.09. The molecule has 2 nitrogen and oxygen atoms in total. The Bertz CT molecular complexity index is 431. The topological polar surface area (TPSA) is 17.8 Å². The summed E-state index contributed by atoms with van der Waals surface area (Å²) in [4.78, 5) is 4.15. The molecule has 0 aliphatic rings. The summed E-state index contributed by atoms with van der Waals surface area (Å²) < 4.78 is 9.62. The third-order valence-electron chi connectivity index (χ3n) is 1.90. The van der Waals surface area contributed by atoms with Crippen molar-refractivity contribution in [3.63, 3.8) is 0 Å². The zero-order chi connectivity index (χ0) is 8.72. The minimum Gasteiger partial charge on any atom is -0.350 e. The summed E-state index contributed by atoms with van der Waals surface area (Å²) in [6, 6.07) is 2.48. The van der Waals surface area contributed by atoms with Crippen molar-refractivity contribution in [3.05, 3.63) is 30.2 Å². The van der Waals surface area contributed by atoms with E-state index in [1.165, 1.54) is 0 Å². The van der Waals surface area contributed by atoms with Gasteiger partial charge in [0.25, 0.3) is 0 Å². The quantitative estimate of drug-likeness (QED) is 0.557. The molecule has 2 aromatic heterocycles. The van der Waals surface area contributed by atoms with E-state index in [9.17, 15) is 0 Å². The maximum absolute atomic E-state index is 7.66. The molecular formula is C9H10N2. The van der Waals surface area contributed by atoms with Gasteiger partial charge < -0.3 is 4.57 Å². The number of aromatic nitrogens is 2. The molecule has 0 saturated carbocycles. The predicted octanol–water partition coefficient (Wildman–Crippen LogP) is 1.88. The van der Waals surface area contributed by atoms with Crippen molar-refractivity contribution in [2.24, 2.45) is 7.05 Å². The molecule has 2 rings (SSSR count).